The minimum absolute atomic E-state index is 0.201. The topological polar surface area (TPSA) is 50.8 Å². The van der Waals surface area contributed by atoms with E-state index in [1.54, 1.807) is 19.1 Å². The van der Waals surface area contributed by atoms with E-state index in [0.717, 1.165) is 23.7 Å². The number of piperazine rings is 1. The van der Waals surface area contributed by atoms with Crippen LogP contribution in [0.3, 0.4) is 0 Å². The first-order valence-electron chi connectivity index (χ1n) is 7.12. The van der Waals surface area contributed by atoms with Crippen LogP contribution in [0, 0.1) is 0 Å². The van der Waals surface area contributed by atoms with Gasteiger partial charge in [-0.25, -0.2) is 4.31 Å². The summed E-state index contributed by atoms with van der Waals surface area (Å²) < 4.78 is 12.0. The zero-order chi connectivity index (χ0) is 15.7. The number of benzene rings is 1. The Morgan fingerprint density at radius 3 is 2.52 bits per heavy atom. The zero-order valence-corrected chi connectivity index (χ0v) is 13.9. The summed E-state index contributed by atoms with van der Waals surface area (Å²) in [7, 11) is 3.07. The molecule has 5 nitrogen and oxygen atoms in total. The lowest BCUT2D eigenvalue weighted by Crippen LogP contribution is -2.52. The van der Waals surface area contributed by atoms with Crippen LogP contribution in [0.2, 0.25) is 0 Å². The van der Waals surface area contributed by atoms with Crippen LogP contribution < -0.4 is 10.1 Å². The number of esters is 1. The highest BCUT2D eigenvalue weighted by Gasteiger charge is 2.30. The second-order valence-electron chi connectivity index (χ2n) is 4.15. The van der Waals surface area contributed by atoms with Gasteiger partial charge in [0.1, 0.15) is 11.8 Å². The van der Waals surface area contributed by atoms with Gasteiger partial charge >= 0.3 is 5.97 Å². The molecule has 0 amide bonds. The normalized spacial score (nSPS) is 18.4. The second kappa shape index (κ2) is 9.65. The van der Waals surface area contributed by atoms with Gasteiger partial charge in [-0.3, -0.25) is 4.79 Å². The van der Waals surface area contributed by atoms with Crippen molar-refractivity contribution in [1.82, 2.24) is 9.62 Å². The van der Waals surface area contributed by atoms with Crippen LogP contribution in [0.5, 0.6) is 5.75 Å². The van der Waals surface area contributed by atoms with E-state index in [4.69, 9.17) is 9.47 Å². The third-order valence-electron chi connectivity index (χ3n) is 2.95. The molecule has 1 unspecified atom stereocenters. The molecule has 6 heteroatoms. The minimum atomic E-state index is -0.245. The first-order chi connectivity index (χ1) is 10.2. The van der Waals surface area contributed by atoms with E-state index in [1.807, 2.05) is 38.1 Å². The Kier molecular flexibility index (Phi) is 8.19. The molecule has 0 spiro atoms. The molecule has 0 saturated carbocycles. The fourth-order valence-corrected chi connectivity index (χ4v) is 2.90. The predicted molar refractivity (Wildman–Crippen MR) is 85.6 cm³/mol. The number of rotatable bonds is 4. The quantitative estimate of drug-likeness (QED) is 0.679. The van der Waals surface area contributed by atoms with Crippen LogP contribution >= 0.6 is 11.9 Å². The molecule has 1 saturated heterocycles. The van der Waals surface area contributed by atoms with Gasteiger partial charge in [0.05, 0.1) is 14.2 Å². The number of nitrogens with zero attached hydrogens (tertiary/aromatic N) is 1. The van der Waals surface area contributed by atoms with Crippen molar-refractivity contribution in [3.8, 4) is 5.75 Å². The molecular formula is C15H24N2O3S. The smallest absolute Gasteiger partial charge is 0.325 e. The van der Waals surface area contributed by atoms with E-state index in [-0.39, 0.29) is 12.0 Å². The van der Waals surface area contributed by atoms with Gasteiger partial charge in [-0.1, -0.05) is 13.8 Å². The first-order valence-corrected chi connectivity index (χ1v) is 7.89. The SMILES string of the molecule is CC.COC(=O)C1CNCCN1Sc1ccc(OC)cc1. The highest BCUT2D eigenvalue weighted by atomic mass is 32.2. The molecule has 118 valence electrons. The number of carbonyl (C=O) groups excluding carboxylic acids is 1. The van der Waals surface area contributed by atoms with E-state index < -0.39 is 0 Å². The van der Waals surface area contributed by atoms with Crippen molar-refractivity contribution in [2.75, 3.05) is 33.9 Å². The lowest BCUT2D eigenvalue weighted by atomic mass is 10.2. The highest BCUT2D eigenvalue weighted by molar-refractivity contribution is 7.97. The van der Waals surface area contributed by atoms with Crippen molar-refractivity contribution in [1.29, 1.82) is 0 Å². The van der Waals surface area contributed by atoms with E-state index in [1.165, 1.54) is 7.11 Å². The maximum Gasteiger partial charge on any atom is 0.325 e. The Morgan fingerprint density at radius 2 is 1.95 bits per heavy atom. The van der Waals surface area contributed by atoms with Crippen LogP contribution in [0.4, 0.5) is 0 Å². The van der Waals surface area contributed by atoms with E-state index in [2.05, 4.69) is 9.62 Å². The summed E-state index contributed by atoms with van der Waals surface area (Å²) >= 11 is 1.57. The van der Waals surface area contributed by atoms with Crippen molar-refractivity contribution in [3.05, 3.63) is 24.3 Å². The zero-order valence-electron chi connectivity index (χ0n) is 13.1. The van der Waals surface area contributed by atoms with Gasteiger partial charge < -0.3 is 14.8 Å². The number of hydrogen-bond acceptors (Lipinski definition) is 6. The lowest BCUT2D eigenvalue weighted by molar-refractivity contribution is -0.145. The highest BCUT2D eigenvalue weighted by Crippen LogP contribution is 2.27. The minimum Gasteiger partial charge on any atom is -0.497 e. The van der Waals surface area contributed by atoms with Gasteiger partial charge in [0.25, 0.3) is 0 Å². The lowest BCUT2D eigenvalue weighted by Gasteiger charge is -2.32. The molecular weight excluding hydrogens is 288 g/mol. The molecule has 1 fully saturated rings. The fourth-order valence-electron chi connectivity index (χ4n) is 1.90. The number of carbonyl (C=O) groups is 1. The molecule has 2 rings (SSSR count). The Balaban J connectivity index is 0.00000106. The number of nitrogens with one attached hydrogen (secondary N) is 1. The Morgan fingerprint density at radius 1 is 1.29 bits per heavy atom. The number of ether oxygens (including phenoxy) is 2. The van der Waals surface area contributed by atoms with E-state index >= 15 is 0 Å². The summed E-state index contributed by atoms with van der Waals surface area (Å²) in [5.41, 5.74) is 0. The molecule has 1 N–H and O–H groups in total. The molecule has 1 aliphatic rings. The average molecular weight is 312 g/mol. The molecule has 1 heterocycles. The summed E-state index contributed by atoms with van der Waals surface area (Å²) in [5, 5.41) is 3.21. The largest absolute Gasteiger partial charge is 0.497 e. The first kappa shape index (κ1) is 17.8. The van der Waals surface area contributed by atoms with Gasteiger partial charge in [-0.2, -0.15) is 0 Å². The summed E-state index contributed by atoms with van der Waals surface area (Å²) in [4.78, 5) is 12.8. The third kappa shape index (κ3) is 5.22. The molecule has 0 radical (unpaired) electrons. The van der Waals surface area contributed by atoms with Crippen LogP contribution in [0.1, 0.15) is 13.8 Å². The third-order valence-corrected chi connectivity index (χ3v) is 4.10. The van der Waals surface area contributed by atoms with Crippen molar-refractivity contribution in [3.63, 3.8) is 0 Å². The van der Waals surface area contributed by atoms with Gasteiger partial charge in [-0.05, 0) is 36.2 Å². The van der Waals surface area contributed by atoms with Crippen LogP contribution in [0.15, 0.2) is 29.2 Å². The van der Waals surface area contributed by atoms with Crippen LogP contribution in [-0.4, -0.2) is 50.2 Å². The summed E-state index contributed by atoms with van der Waals surface area (Å²) in [6, 6.07) is 7.56. The molecule has 0 aromatic heterocycles. The van der Waals surface area contributed by atoms with Crippen LogP contribution in [-0.2, 0) is 9.53 Å². The molecule has 0 aliphatic carbocycles. The molecule has 1 aliphatic heterocycles. The van der Waals surface area contributed by atoms with Gasteiger partial charge in [0.2, 0.25) is 0 Å². The summed E-state index contributed by atoms with van der Waals surface area (Å²) in [5.74, 6) is 0.627. The maximum absolute atomic E-state index is 11.7. The van der Waals surface area contributed by atoms with E-state index in [0.29, 0.717) is 6.54 Å². The van der Waals surface area contributed by atoms with Crippen LogP contribution in [0.25, 0.3) is 0 Å². The summed E-state index contributed by atoms with van der Waals surface area (Å²) in [6.45, 7) is 6.29. The molecule has 21 heavy (non-hydrogen) atoms. The van der Waals surface area contributed by atoms with E-state index in [9.17, 15) is 4.79 Å². The standard InChI is InChI=1S/C13H18N2O3S.C2H6/c1-17-10-3-5-11(6-4-10)19-15-8-7-14-9-12(15)13(16)18-2;1-2/h3-6,12,14H,7-9H2,1-2H3;1-2H3. The Bertz CT molecular complexity index is 425. The molecule has 1 atom stereocenters. The molecule has 1 aromatic carbocycles. The average Bonchev–Trinajstić information content (AvgIpc) is 2.57. The second-order valence-corrected chi connectivity index (χ2v) is 5.27. The Labute approximate surface area is 131 Å². The monoisotopic (exact) mass is 312 g/mol. The Hall–Kier alpha value is -1.24. The number of hydrogen-bond donors (Lipinski definition) is 1. The molecule has 1 aromatic rings. The molecule has 0 bridgehead atoms. The maximum atomic E-state index is 11.7. The van der Waals surface area contributed by atoms with Gasteiger partial charge in [-0.15, -0.1) is 0 Å². The fraction of sp³-hybridized carbons (Fsp3) is 0.533. The van der Waals surface area contributed by atoms with Gasteiger partial charge in [0, 0.05) is 24.5 Å². The number of methoxy groups -OCH3 is 2. The van der Waals surface area contributed by atoms with Crippen molar-refractivity contribution in [2.24, 2.45) is 0 Å². The van der Waals surface area contributed by atoms with Gasteiger partial charge in [0.15, 0.2) is 0 Å². The van der Waals surface area contributed by atoms with Crippen molar-refractivity contribution >= 4 is 17.9 Å². The summed E-state index contributed by atoms with van der Waals surface area (Å²) in [6.07, 6.45) is 0. The predicted octanol–water partition coefficient (Wildman–Crippen LogP) is 2.18. The van der Waals surface area contributed by atoms with Crippen molar-refractivity contribution in [2.45, 2.75) is 24.8 Å². The van der Waals surface area contributed by atoms with Crippen molar-refractivity contribution < 1.29 is 14.3 Å².